The van der Waals surface area contributed by atoms with E-state index in [0.717, 1.165) is 36.8 Å². The monoisotopic (exact) mass is 275 g/mol. The summed E-state index contributed by atoms with van der Waals surface area (Å²) >= 11 is 0. The molecule has 1 aromatic rings. The number of aromatic nitrogens is 2. The SMILES string of the molecule is Cc1c(N)nc(C(C)C)nc1N1CCN2CCCC2C1. The molecule has 2 saturated heterocycles. The van der Waals surface area contributed by atoms with Crippen LogP contribution in [0.25, 0.3) is 0 Å². The predicted molar refractivity (Wildman–Crippen MR) is 82.1 cm³/mol. The molecule has 0 saturated carbocycles. The van der Waals surface area contributed by atoms with Gasteiger partial charge in [0, 0.05) is 37.2 Å². The number of hydrogen-bond donors (Lipinski definition) is 1. The molecule has 0 aromatic carbocycles. The zero-order chi connectivity index (χ0) is 14.3. The van der Waals surface area contributed by atoms with Crippen LogP contribution in [-0.2, 0) is 0 Å². The average molecular weight is 275 g/mol. The van der Waals surface area contributed by atoms with E-state index < -0.39 is 0 Å². The first-order valence-electron chi connectivity index (χ1n) is 7.69. The van der Waals surface area contributed by atoms with Crippen molar-refractivity contribution in [3.8, 4) is 0 Å². The molecule has 2 aliphatic rings. The van der Waals surface area contributed by atoms with Gasteiger partial charge in [0.2, 0.25) is 0 Å². The Balaban J connectivity index is 1.89. The van der Waals surface area contributed by atoms with Gasteiger partial charge >= 0.3 is 0 Å². The smallest absolute Gasteiger partial charge is 0.137 e. The summed E-state index contributed by atoms with van der Waals surface area (Å²) in [5.74, 6) is 2.85. The molecule has 0 radical (unpaired) electrons. The molecule has 1 atom stereocenters. The zero-order valence-corrected chi connectivity index (χ0v) is 12.8. The van der Waals surface area contributed by atoms with Gasteiger partial charge < -0.3 is 10.6 Å². The molecule has 1 aromatic heterocycles. The maximum atomic E-state index is 6.08. The van der Waals surface area contributed by atoms with E-state index in [0.29, 0.717) is 17.8 Å². The Morgan fingerprint density at radius 3 is 2.75 bits per heavy atom. The fourth-order valence-corrected chi connectivity index (χ4v) is 3.29. The number of nitrogens with two attached hydrogens (primary N) is 1. The van der Waals surface area contributed by atoms with Crippen LogP contribution < -0.4 is 10.6 Å². The highest BCUT2D eigenvalue weighted by Gasteiger charge is 2.32. The zero-order valence-electron chi connectivity index (χ0n) is 12.8. The van der Waals surface area contributed by atoms with Crippen LogP contribution in [-0.4, -0.2) is 47.1 Å². The van der Waals surface area contributed by atoms with Crippen molar-refractivity contribution in [2.24, 2.45) is 0 Å². The lowest BCUT2D eigenvalue weighted by molar-refractivity contribution is 0.230. The third-order valence-corrected chi connectivity index (χ3v) is 4.58. The van der Waals surface area contributed by atoms with Crippen LogP contribution in [0.1, 0.15) is 44.0 Å². The quantitative estimate of drug-likeness (QED) is 0.891. The van der Waals surface area contributed by atoms with Crippen molar-refractivity contribution in [1.82, 2.24) is 14.9 Å². The molecule has 2 N–H and O–H groups in total. The van der Waals surface area contributed by atoms with Crippen molar-refractivity contribution >= 4 is 11.6 Å². The molecule has 1 unspecified atom stereocenters. The molecule has 0 amide bonds. The Kier molecular flexibility index (Phi) is 3.54. The average Bonchev–Trinajstić information content (AvgIpc) is 2.88. The van der Waals surface area contributed by atoms with Crippen molar-refractivity contribution in [2.45, 2.75) is 45.6 Å². The molecule has 5 heteroatoms. The predicted octanol–water partition coefficient (Wildman–Crippen LogP) is 1.78. The lowest BCUT2D eigenvalue weighted by Gasteiger charge is -2.38. The van der Waals surface area contributed by atoms with E-state index in [2.05, 4.69) is 28.6 Å². The first kappa shape index (κ1) is 13.6. The van der Waals surface area contributed by atoms with Gasteiger partial charge in [-0.3, -0.25) is 4.90 Å². The van der Waals surface area contributed by atoms with Gasteiger partial charge in [-0.1, -0.05) is 13.8 Å². The van der Waals surface area contributed by atoms with Crippen molar-refractivity contribution in [3.05, 3.63) is 11.4 Å². The fraction of sp³-hybridized carbons (Fsp3) is 0.733. The van der Waals surface area contributed by atoms with E-state index in [1.807, 2.05) is 6.92 Å². The summed E-state index contributed by atoms with van der Waals surface area (Å²) < 4.78 is 0. The number of nitrogen functional groups attached to an aromatic ring is 1. The Bertz CT molecular complexity index is 499. The number of piperazine rings is 1. The number of nitrogens with zero attached hydrogens (tertiary/aromatic N) is 4. The maximum Gasteiger partial charge on any atom is 0.137 e. The van der Waals surface area contributed by atoms with E-state index >= 15 is 0 Å². The van der Waals surface area contributed by atoms with Gasteiger partial charge in [-0.15, -0.1) is 0 Å². The van der Waals surface area contributed by atoms with Gasteiger partial charge in [-0.2, -0.15) is 0 Å². The third-order valence-electron chi connectivity index (χ3n) is 4.58. The van der Waals surface area contributed by atoms with Crippen LogP contribution in [0.5, 0.6) is 0 Å². The van der Waals surface area contributed by atoms with Gasteiger partial charge in [-0.25, -0.2) is 9.97 Å². The fourth-order valence-electron chi connectivity index (χ4n) is 3.29. The first-order chi connectivity index (χ1) is 9.56. The van der Waals surface area contributed by atoms with Crippen LogP contribution in [0, 0.1) is 6.92 Å². The summed E-state index contributed by atoms with van der Waals surface area (Å²) in [6.45, 7) is 10.8. The number of anilines is 2. The van der Waals surface area contributed by atoms with E-state index in [9.17, 15) is 0 Å². The summed E-state index contributed by atoms with van der Waals surface area (Å²) in [6.07, 6.45) is 2.65. The van der Waals surface area contributed by atoms with Crippen molar-refractivity contribution in [3.63, 3.8) is 0 Å². The molecular formula is C15H25N5. The molecule has 110 valence electrons. The third kappa shape index (κ3) is 2.35. The number of rotatable bonds is 2. The summed E-state index contributed by atoms with van der Waals surface area (Å²) in [6, 6.07) is 0.696. The van der Waals surface area contributed by atoms with Crippen LogP contribution in [0.2, 0.25) is 0 Å². The Labute approximate surface area is 121 Å². The van der Waals surface area contributed by atoms with Gasteiger partial charge in [0.15, 0.2) is 0 Å². The van der Waals surface area contributed by atoms with Gasteiger partial charge in [-0.05, 0) is 26.3 Å². The largest absolute Gasteiger partial charge is 0.383 e. The van der Waals surface area contributed by atoms with Crippen LogP contribution in [0.15, 0.2) is 0 Å². The maximum absolute atomic E-state index is 6.08. The second-order valence-corrected chi connectivity index (χ2v) is 6.35. The molecule has 3 heterocycles. The van der Waals surface area contributed by atoms with Gasteiger partial charge in [0.1, 0.15) is 17.5 Å². The van der Waals surface area contributed by atoms with Gasteiger partial charge in [0.05, 0.1) is 0 Å². The van der Waals surface area contributed by atoms with E-state index in [1.54, 1.807) is 0 Å². The second kappa shape index (κ2) is 5.20. The minimum absolute atomic E-state index is 0.310. The summed E-state index contributed by atoms with van der Waals surface area (Å²) in [5, 5.41) is 0. The van der Waals surface area contributed by atoms with Crippen molar-refractivity contribution in [1.29, 1.82) is 0 Å². The Morgan fingerprint density at radius 2 is 2.00 bits per heavy atom. The Morgan fingerprint density at radius 1 is 1.20 bits per heavy atom. The van der Waals surface area contributed by atoms with Crippen LogP contribution in [0.3, 0.4) is 0 Å². The van der Waals surface area contributed by atoms with E-state index in [-0.39, 0.29) is 0 Å². The summed E-state index contributed by atoms with van der Waals surface area (Å²) in [7, 11) is 0. The molecule has 0 spiro atoms. The normalized spacial score (nSPS) is 23.4. The minimum atomic E-state index is 0.310. The highest BCUT2D eigenvalue weighted by atomic mass is 15.3. The van der Waals surface area contributed by atoms with Crippen LogP contribution >= 0.6 is 0 Å². The van der Waals surface area contributed by atoms with Crippen LogP contribution in [0.4, 0.5) is 11.6 Å². The minimum Gasteiger partial charge on any atom is -0.383 e. The molecule has 0 bridgehead atoms. The molecule has 3 rings (SSSR count). The van der Waals surface area contributed by atoms with Crippen molar-refractivity contribution < 1.29 is 0 Å². The molecule has 20 heavy (non-hydrogen) atoms. The van der Waals surface area contributed by atoms with Gasteiger partial charge in [0.25, 0.3) is 0 Å². The highest BCUT2D eigenvalue weighted by molar-refractivity contribution is 5.57. The van der Waals surface area contributed by atoms with E-state index in [4.69, 9.17) is 10.7 Å². The highest BCUT2D eigenvalue weighted by Crippen LogP contribution is 2.29. The standard InChI is InChI=1S/C15H25N5/c1-10(2)14-17-13(16)11(3)15(18-14)20-8-7-19-6-4-5-12(19)9-20/h10,12H,4-9H2,1-3H3,(H2,16,17,18). The number of fused-ring (bicyclic) bond motifs is 1. The summed E-state index contributed by atoms with van der Waals surface area (Å²) in [5.41, 5.74) is 7.11. The second-order valence-electron chi connectivity index (χ2n) is 6.35. The molecular weight excluding hydrogens is 250 g/mol. The number of hydrogen-bond acceptors (Lipinski definition) is 5. The lowest BCUT2D eigenvalue weighted by atomic mass is 10.1. The topological polar surface area (TPSA) is 58.3 Å². The first-order valence-corrected chi connectivity index (χ1v) is 7.69. The Hall–Kier alpha value is -1.36. The molecule has 5 nitrogen and oxygen atoms in total. The molecule has 2 aliphatic heterocycles. The molecule has 2 fully saturated rings. The van der Waals surface area contributed by atoms with Crippen molar-refractivity contribution in [2.75, 3.05) is 36.8 Å². The lowest BCUT2D eigenvalue weighted by Crippen LogP contribution is -2.50. The molecule has 0 aliphatic carbocycles. The van der Waals surface area contributed by atoms with E-state index in [1.165, 1.54) is 19.4 Å². The summed E-state index contributed by atoms with van der Waals surface area (Å²) in [4.78, 5) is 14.2.